The molecular formula is C11H18ClN3O. The molecule has 1 aliphatic rings. The predicted octanol–water partition coefficient (Wildman–Crippen LogP) is 1.23. The van der Waals surface area contributed by atoms with Gasteiger partial charge in [-0.2, -0.15) is 0 Å². The van der Waals surface area contributed by atoms with E-state index in [9.17, 15) is 4.79 Å². The van der Waals surface area contributed by atoms with Gasteiger partial charge in [-0.15, -0.1) is 12.4 Å². The number of aryl methyl sites for hydroxylation is 1. The van der Waals surface area contributed by atoms with E-state index in [1.54, 1.807) is 6.20 Å². The van der Waals surface area contributed by atoms with E-state index >= 15 is 0 Å². The van der Waals surface area contributed by atoms with Gasteiger partial charge in [0, 0.05) is 18.4 Å². The number of carbonyl (C=O) groups is 1. The Morgan fingerprint density at radius 2 is 2.06 bits per heavy atom. The van der Waals surface area contributed by atoms with Crippen LogP contribution in [0.5, 0.6) is 0 Å². The highest BCUT2D eigenvalue weighted by Gasteiger charge is 2.17. The molecule has 4 nitrogen and oxygen atoms in total. The van der Waals surface area contributed by atoms with Gasteiger partial charge in [0.05, 0.1) is 5.56 Å². The van der Waals surface area contributed by atoms with E-state index in [2.05, 4.69) is 15.6 Å². The maximum atomic E-state index is 11.8. The second-order valence-corrected chi connectivity index (χ2v) is 4.05. The second kappa shape index (κ2) is 5.92. The molecule has 1 aromatic heterocycles. The maximum Gasteiger partial charge on any atom is 0.253 e. The van der Waals surface area contributed by atoms with Gasteiger partial charge in [0.1, 0.15) is 0 Å². The average molecular weight is 244 g/mol. The van der Waals surface area contributed by atoms with E-state index in [-0.39, 0.29) is 18.3 Å². The average Bonchev–Trinajstić information content (AvgIpc) is 2.66. The summed E-state index contributed by atoms with van der Waals surface area (Å²) in [6.07, 6.45) is 5.65. The van der Waals surface area contributed by atoms with Crippen LogP contribution in [0.3, 0.4) is 0 Å². The normalized spacial score (nSPS) is 16.6. The van der Waals surface area contributed by atoms with Crippen molar-refractivity contribution >= 4 is 18.3 Å². The van der Waals surface area contributed by atoms with Crippen LogP contribution < -0.4 is 10.6 Å². The van der Waals surface area contributed by atoms with Crippen molar-refractivity contribution in [1.29, 1.82) is 0 Å². The molecule has 2 heterocycles. The Morgan fingerprint density at radius 3 is 2.62 bits per heavy atom. The van der Waals surface area contributed by atoms with Crippen LogP contribution in [0.4, 0.5) is 0 Å². The second-order valence-electron chi connectivity index (χ2n) is 4.05. The maximum absolute atomic E-state index is 11.8. The highest BCUT2D eigenvalue weighted by atomic mass is 35.5. The van der Waals surface area contributed by atoms with Gasteiger partial charge in [-0.1, -0.05) is 0 Å². The van der Waals surface area contributed by atoms with E-state index < -0.39 is 0 Å². The monoisotopic (exact) mass is 243 g/mol. The third kappa shape index (κ3) is 3.00. The molecule has 0 atom stereocenters. The minimum Gasteiger partial charge on any atom is -0.367 e. The molecule has 0 saturated carbocycles. The first-order valence-electron chi connectivity index (χ1n) is 5.42. The number of piperidine rings is 1. The van der Waals surface area contributed by atoms with Crippen molar-refractivity contribution in [2.24, 2.45) is 0 Å². The lowest BCUT2D eigenvalue weighted by Gasteiger charge is -2.23. The van der Waals surface area contributed by atoms with Gasteiger partial charge in [0.15, 0.2) is 0 Å². The summed E-state index contributed by atoms with van der Waals surface area (Å²) in [6, 6.07) is 0.327. The molecule has 16 heavy (non-hydrogen) atoms. The van der Waals surface area contributed by atoms with E-state index in [0.29, 0.717) is 6.04 Å². The molecule has 1 amide bonds. The molecule has 0 aliphatic carbocycles. The van der Waals surface area contributed by atoms with Crippen LogP contribution in [0.15, 0.2) is 12.4 Å². The Morgan fingerprint density at radius 1 is 1.38 bits per heavy atom. The molecule has 1 fully saturated rings. The zero-order chi connectivity index (χ0) is 10.7. The summed E-state index contributed by atoms with van der Waals surface area (Å²) in [5.74, 6) is 0.0423. The van der Waals surface area contributed by atoms with Crippen molar-refractivity contribution in [3.05, 3.63) is 23.5 Å². The van der Waals surface area contributed by atoms with Gasteiger partial charge in [0.2, 0.25) is 0 Å². The molecule has 2 rings (SSSR count). The van der Waals surface area contributed by atoms with Crippen molar-refractivity contribution in [2.75, 3.05) is 13.1 Å². The van der Waals surface area contributed by atoms with Gasteiger partial charge in [0.25, 0.3) is 5.91 Å². The van der Waals surface area contributed by atoms with Crippen LogP contribution in [-0.2, 0) is 0 Å². The van der Waals surface area contributed by atoms with Crippen LogP contribution in [0.2, 0.25) is 0 Å². The number of hydrogen-bond donors (Lipinski definition) is 3. The first kappa shape index (κ1) is 13.1. The van der Waals surface area contributed by atoms with Crippen molar-refractivity contribution in [3.8, 4) is 0 Å². The number of rotatable bonds is 2. The summed E-state index contributed by atoms with van der Waals surface area (Å²) in [5, 5.41) is 6.34. The van der Waals surface area contributed by atoms with E-state index in [4.69, 9.17) is 0 Å². The zero-order valence-corrected chi connectivity index (χ0v) is 10.2. The topological polar surface area (TPSA) is 56.9 Å². The van der Waals surface area contributed by atoms with Crippen LogP contribution >= 0.6 is 12.4 Å². The van der Waals surface area contributed by atoms with E-state index in [1.165, 1.54) is 0 Å². The molecule has 1 saturated heterocycles. The molecule has 0 aromatic carbocycles. The molecule has 3 N–H and O–H groups in total. The van der Waals surface area contributed by atoms with Gasteiger partial charge in [-0.3, -0.25) is 4.79 Å². The fraction of sp³-hybridized carbons (Fsp3) is 0.545. The Hall–Kier alpha value is -1.00. The molecule has 0 bridgehead atoms. The highest BCUT2D eigenvalue weighted by Crippen LogP contribution is 2.08. The summed E-state index contributed by atoms with van der Waals surface area (Å²) < 4.78 is 0. The van der Waals surface area contributed by atoms with Gasteiger partial charge in [-0.05, 0) is 38.4 Å². The number of halogens is 1. The van der Waals surface area contributed by atoms with Crippen molar-refractivity contribution in [3.63, 3.8) is 0 Å². The first-order chi connectivity index (χ1) is 7.27. The van der Waals surface area contributed by atoms with Crippen LogP contribution in [0.25, 0.3) is 0 Å². The summed E-state index contributed by atoms with van der Waals surface area (Å²) >= 11 is 0. The number of nitrogens with one attached hydrogen (secondary N) is 3. The van der Waals surface area contributed by atoms with Crippen LogP contribution in [0, 0.1) is 6.92 Å². The van der Waals surface area contributed by atoms with Crippen molar-refractivity contribution < 1.29 is 4.79 Å². The van der Waals surface area contributed by atoms with Gasteiger partial charge in [-0.25, -0.2) is 0 Å². The molecule has 90 valence electrons. The summed E-state index contributed by atoms with van der Waals surface area (Å²) in [4.78, 5) is 14.8. The van der Waals surface area contributed by atoms with Crippen LogP contribution in [-0.4, -0.2) is 30.0 Å². The molecule has 0 unspecified atom stereocenters. The highest BCUT2D eigenvalue weighted by molar-refractivity contribution is 5.95. The Bertz CT molecular complexity index is 345. The molecule has 1 aliphatic heterocycles. The van der Waals surface area contributed by atoms with Crippen LogP contribution in [0.1, 0.15) is 28.8 Å². The lowest BCUT2D eigenvalue weighted by molar-refractivity contribution is 0.0929. The Labute approximate surface area is 102 Å². The lowest BCUT2D eigenvalue weighted by atomic mass is 10.1. The largest absolute Gasteiger partial charge is 0.367 e. The predicted molar refractivity (Wildman–Crippen MR) is 66.1 cm³/mol. The fourth-order valence-corrected chi connectivity index (χ4v) is 1.92. The number of carbonyl (C=O) groups excluding carboxylic acids is 1. The first-order valence-corrected chi connectivity index (χ1v) is 5.42. The molecule has 0 radical (unpaired) electrons. The molecule has 1 aromatic rings. The molecule has 0 spiro atoms. The van der Waals surface area contributed by atoms with Crippen molar-refractivity contribution in [2.45, 2.75) is 25.8 Å². The lowest BCUT2D eigenvalue weighted by Crippen LogP contribution is -2.42. The number of H-pyrrole nitrogens is 1. The number of aromatic nitrogens is 1. The Balaban J connectivity index is 0.00000128. The van der Waals surface area contributed by atoms with Gasteiger partial charge < -0.3 is 15.6 Å². The number of hydrogen-bond acceptors (Lipinski definition) is 2. The minimum absolute atomic E-state index is 0. The minimum atomic E-state index is 0. The van der Waals surface area contributed by atoms with Gasteiger partial charge >= 0.3 is 0 Å². The molecule has 5 heteroatoms. The molecular weight excluding hydrogens is 226 g/mol. The third-order valence-corrected chi connectivity index (χ3v) is 2.87. The summed E-state index contributed by atoms with van der Waals surface area (Å²) in [6.45, 7) is 3.93. The van der Waals surface area contributed by atoms with E-state index in [0.717, 1.165) is 37.1 Å². The summed E-state index contributed by atoms with van der Waals surface area (Å²) in [7, 11) is 0. The standard InChI is InChI=1S/C11H17N3O.ClH/c1-8-6-13-7-10(8)11(15)14-9-2-4-12-5-3-9;/h6-7,9,12-13H,2-5H2,1H3,(H,14,15);1H. The zero-order valence-electron chi connectivity index (χ0n) is 9.38. The van der Waals surface area contributed by atoms with Crippen molar-refractivity contribution in [1.82, 2.24) is 15.6 Å². The summed E-state index contributed by atoms with van der Waals surface area (Å²) in [5.41, 5.74) is 1.76. The number of aromatic amines is 1. The quantitative estimate of drug-likeness (QED) is 0.732. The number of amides is 1. The third-order valence-electron chi connectivity index (χ3n) is 2.87. The van der Waals surface area contributed by atoms with E-state index in [1.807, 2.05) is 13.1 Å². The smallest absolute Gasteiger partial charge is 0.253 e. The fourth-order valence-electron chi connectivity index (χ4n) is 1.92. The SMILES string of the molecule is Cc1c[nH]cc1C(=O)NC1CCNCC1.Cl. The Kier molecular flexibility index (Phi) is 4.83.